The molecule has 0 amide bonds. The Morgan fingerprint density at radius 3 is 2.80 bits per heavy atom. The molecule has 15 heavy (non-hydrogen) atoms. The third-order valence-corrected chi connectivity index (χ3v) is 1.91. The van der Waals surface area contributed by atoms with Crippen LogP contribution in [-0.2, 0) is 0 Å². The average molecular weight is 206 g/mol. The second-order valence-corrected chi connectivity index (χ2v) is 2.93. The van der Waals surface area contributed by atoms with Crippen LogP contribution in [0, 0.1) is 0 Å². The third-order valence-electron chi connectivity index (χ3n) is 1.91. The lowest BCUT2D eigenvalue weighted by Gasteiger charge is -2.12. The predicted molar refractivity (Wildman–Crippen MR) is 53.1 cm³/mol. The summed E-state index contributed by atoms with van der Waals surface area (Å²) in [5.74, 6) is 0.291. The highest BCUT2D eigenvalue weighted by molar-refractivity contribution is 5.37. The number of phenolic OH excluding ortho intramolecular Hbond substituents is 1. The van der Waals surface area contributed by atoms with Gasteiger partial charge in [-0.3, -0.25) is 5.10 Å². The monoisotopic (exact) mass is 206 g/mol. The predicted octanol–water partition coefficient (Wildman–Crippen LogP) is 0.613. The zero-order chi connectivity index (χ0) is 10.7. The number of H-pyrrole nitrogens is 1. The van der Waals surface area contributed by atoms with Gasteiger partial charge in [-0.05, 0) is 6.07 Å². The van der Waals surface area contributed by atoms with Crippen LogP contribution >= 0.6 is 0 Å². The van der Waals surface area contributed by atoms with Crippen LogP contribution in [0.4, 0.5) is 5.95 Å². The molecule has 1 unspecified atom stereocenters. The number of phenols is 1. The summed E-state index contributed by atoms with van der Waals surface area (Å²) in [5, 5.41) is 28.0. The molecule has 6 nitrogen and oxygen atoms in total. The molecule has 4 N–H and O–H groups in total. The van der Waals surface area contributed by atoms with Gasteiger partial charge in [0, 0.05) is 5.56 Å². The molecule has 0 saturated heterocycles. The van der Waals surface area contributed by atoms with Crippen molar-refractivity contribution in [3.05, 3.63) is 36.2 Å². The van der Waals surface area contributed by atoms with E-state index in [1.807, 2.05) is 0 Å². The number of benzene rings is 1. The van der Waals surface area contributed by atoms with E-state index in [2.05, 4.69) is 20.5 Å². The molecule has 0 bridgehead atoms. The number of aromatic hydroxyl groups is 1. The van der Waals surface area contributed by atoms with Crippen LogP contribution in [0.3, 0.4) is 0 Å². The van der Waals surface area contributed by atoms with Gasteiger partial charge in [0.1, 0.15) is 12.1 Å². The molecule has 0 aliphatic rings. The van der Waals surface area contributed by atoms with Gasteiger partial charge in [-0.1, -0.05) is 18.2 Å². The largest absolute Gasteiger partial charge is 0.507 e. The van der Waals surface area contributed by atoms with E-state index < -0.39 is 6.23 Å². The molecule has 6 heteroatoms. The van der Waals surface area contributed by atoms with E-state index in [0.29, 0.717) is 5.56 Å². The fraction of sp³-hybridized carbons (Fsp3) is 0.111. The Morgan fingerprint density at radius 1 is 1.33 bits per heavy atom. The smallest absolute Gasteiger partial charge is 0.244 e. The lowest BCUT2D eigenvalue weighted by atomic mass is 10.2. The topological polar surface area (TPSA) is 94.1 Å². The number of nitrogens with one attached hydrogen (secondary N) is 2. The molecule has 1 aromatic carbocycles. The number of hydrogen-bond donors (Lipinski definition) is 4. The van der Waals surface area contributed by atoms with Crippen molar-refractivity contribution in [1.82, 2.24) is 15.2 Å². The summed E-state index contributed by atoms with van der Waals surface area (Å²) in [5.41, 5.74) is 0.377. The van der Waals surface area contributed by atoms with Crippen molar-refractivity contribution in [2.24, 2.45) is 0 Å². The molecule has 0 radical (unpaired) electrons. The zero-order valence-corrected chi connectivity index (χ0v) is 7.75. The van der Waals surface area contributed by atoms with Gasteiger partial charge in [-0.15, -0.1) is 5.10 Å². The van der Waals surface area contributed by atoms with E-state index in [9.17, 15) is 10.2 Å². The average Bonchev–Trinajstić information content (AvgIpc) is 2.71. The zero-order valence-electron chi connectivity index (χ0n) is 7.75. The molecule has 0 aliphatic carbocycles. The molecular weight excluding hydrogens is 196 g/mol. The first-order valence-electron chi connectivity index (χ1n) is 4.35. The molecule has 1 heterocycles. The summed E-state index contributed by atoms with van der Waals surface area (Å²) >= 11 is 0. The van der Waals surface area contributed by atoms with E-state index in [0.717, 1.165) is 0 Å². The van der Waals surface area contributed by atoms with Crippen molar-refractivity contribution in [2.45, 2.75) is 6.23 Å². The number of aliphatic hydroxyl groups excluding tert-OH is 1. The summed E-state index contributed by atoms with van der Waals surface area (Å²) in [6.07, 6.45) is 0.349. The minimum atomic E-state index is -1.04. The van der Waals surface area contributed by atoms with Gasteiger partial charge in [0.25, 0.3) is 0 Å². The minimum Gasteiger partial charge on any atom is -0.507 e. The van der Waals surface area contributed by atoms with Crippen LogP contribution in [0.5, 0.6) is 5.75 Å². The molecule has 78 valence electrons. The molecule has 0 aliphatic heterocycles. The summed E-state index contributed by atoms with van der Waals surface area (Å²) in [7, 11) is 0. The number of hydrogen-bond acceptors (Lipinski definition) is 5. The standard InChI is InChI=1S/C9H10N4O2/c14-7-4-2-1-3-6(7)8(15)12-9-10-5-11-13-9/h1-5,8,14-15H,(H2,10,11,12,13). The van der Waals surface area contributed by atoms with Crippen molar-refractivity contribution in [2.75, 3.05) is 5.32 Å². The van der Waals surface area contributed by atoms with Crippen LogP contribution in [-0.4, -0.2) is 25.4 Å². The van der Waals surface area contributed by atoms with E-state index in [1.165, 1.54) is 12.4 Å². The second-order valence-electron chi connectivity index (χ2n) is 2.93. The Kier molecular flexibility index (Phi) is 2.51. The van der Waals surface area contributed by atoms with Gasteiger partial charge in [-0.2, -0.15) is 0 Å². The number of aromatic amines is 1. The van der Waals surface area contributed by atoms with E-state index in [-0.39, 0.29) is 11.7 Å². The van der Waals surface area contributed by atoms with Crippen LogP contribution in [0.2, 0.25) is 0 Å². The van der Waals surface area contributed by atoms with Crippen molar-refractivity contribution in [1.29, 1.82) is 0 Å². The number of rotatable bonds is 3. The van der Waals surface area contributed by atoms with E-state index >= 15 is 0 Å². The number of aliphatic hydroxyl groups is 1. The van der Waals surface area contributed by atoms with Crippen molar-refractivity contribution in [3.63, 3.8) is 0 Å². The van der Waals surface area contributed by atoms with Gasteiger partial charge in [-0.25, -0.2) is 4.98 Å². The Labute approximate surface area is 85.6 Å². The van der Waals surface area contributed by atoms with Crippen molar-refractivity contribution < 1.29 is 10.2 Å². The Balaban J connectivity index is 2.15. The molecule has 0 saturated carbocycles. The van der Waals surface area contributed by atoms with E-state index in [1.54, 1.807) is 18.2 Å². The third kappa shape index (κ3) is 2.05. The van der Waals surface area contributed by atoms with Crippen molar-refractivity contribution >= 4 is 5.95 Å². The molecule has 2 rings (SSSR count). The summed E-state index contributed by atoms with van der Waals surface area (Å²) in [6.45, 7) is 0. The molecule has 0 fully saturated rings. The summed E-state index contributed by atoms with van der Waals surface area (Å²) in [4.78, 5) is 3.79. The van der Waals surface area contributed by atoms with Crippen LogP contribution in [0.15, 0.2) is 30.6 Å². The lowest BCUT2D eigenvalue weighted by molar-refractivity contribution is 0.202. The summed E-state index contributed by atoms with van der Waals surface area (Å²) < 4.78 is 0. The second kappa shape index (κ2) is 3.97. The number of anilines is 1. The summed E-state index contributed by atoms with van der Waals surface area (Å²) in [6, 6.07) is 6.51. The van der Waals surface area contributed by atoms with Gasteiger partial charge in [0.05, 0.1) is 0 Å². The maximum absolute atomic E-state index is 9.71. The number of para-hydroxylation sites is 1. The Morgan fingerprint density at radius 2 is 2.13 bits per heavy atom. The highest BCUT2D eigenvalue weighted by Gasteiger charge is 2.12. The van der Waals surface area contributed by atoms with Crippen LogP contribution in [0.25, 0.3) is 0 Å². The van der Waals surface area contributed by atoms with Crippen LogP contribution < -0.4 is 5.32 Å². The SMILES string of the molecule is Oc1ccccc1C(O)Nc1nc[nH]n1. The molecule has 1 atom stereocenters. The fourth-order valence-electron chi connectivity index (χ4n) is 1.20. The maximum atomic E-state index is 9.71. The van der Waals surface area contributed by atoms with Gasteiger partial charge < -0.3 is 15.5 Å². The van der Waals surface area contributed by atoms with Gasteiger partial charge >= 0.3 is 0 Å². The Hall–Kier alpha value is -2.08. The first kappa shape index (κ1) is 9.47. The van der Waals surface area contributed by atoms with Gasteiger partial charge in [0.15, 0.2) is 6.23 Å². The Bertz CT molecular complexity index is 429. The molecule has 0 spiro atoms. The lowest BCUT2D eigenvalue weighted by Crippen LogP contribution is -2.10. The fourth-order valence-corrected chi connectivity index (χ4v) is 1.20. The first-order valence-corrected chi connectivity index (χ1v) is 4.35. The highest BCUT2D eigenvalue weighted by Crippen LogP contribution is 2.23. The van der Waals surface area contributed by atoms with Crippen LogP contribution in [0.1, 0.15) is 11.8 Å². The molecule has 1 aromatic heterocycles. The molecular formula is C9H10N4O2. The van der Waals surface area contributed by atoms with Crippen molar-refractivity contribution in [3.8, 4) is 5.75 Å². The quantitative estimate of drug-likeness (QED) is 0.552. The maximum Gasteiger partial charge on any atom is 0.244 e. The first-order chi connectivity index (χ1) is 7.27. The van der Waals surface area contributed by atoms with E-state index in [4.69, 9.17) is 0 Å². The number of aromatic nitrogens is 3. The highest BCUT2D eigenvalue weighted by atomic mass is 16.3. The minimum absolute atomic E-state index is 0.0213. The van der Waals surface area contributed by atoms with Gasteiger partial charge in [0.2, 0.25) is 5.95 Å². The number of nitrogens with zero attached hydrogens (tertiary/aromatic N) is 2. The normalized spacial score (nSPS) is 12.3. The molecule has 2 aromatic rings.